The van der Waals surface area contributed by atoms with Crippen molar-refractivity contribution in [3.8, 4) is 5.75 Å². The maximum absolute atomic E-state index is 12.7. The number of rotatable bonds is 5. The molecule has 26 heavy (non-hydrogen) atoms. The summed E-state index contributed by atoms with van der Waals surface area (Å²) < 4.78 is 5.71. The van der Waals surface area contributed by atoms with Gasteiger partial charge in [0.15, 0.2) is 7.85 Å². The fourth-order valence-corrected chi connectivity index (χ4v) is 3.79. The number of hydrogen-bond acceptors (Lipinski definition) is 5. The molecule has 0 aromatic carbocycles. The van der Waals surface area contributed by atoms with Crippen molar-refractivity contribution < 1.29 is 19.1 Å². The summed E-state index contributed by atoms with van der Waals surface area (Å²) in [5.41, 5.74) is 1.00. The van der Waals surface area contributed by atoms with Crippen molar-refractivity contribution in [2.75, 3.05) is 6.54 Å². The lowest BCUT2D eigenvalue weighted by Crippen LogP contribution is -2.41. The number of aryl methyl sites for hydroxylation is 2. The number of esters is 1. The van der Waals surface area contributed by atoms with Gasteiger partial charge in [0.2, 0.25) is 5.91 Å². The normalized spacial score (nSPS) is 17.3. The van der Waals surface area contributed by atoms with Gasteiger partial charge < -0.3 is 14.4 Å². The first-order chi connectivity index (χ1) is 12.0. The van der Waals surface area contributed by atoms with E-state index in [9.17, 15) is 14.4 Å². The SMILES string of the molecule is [B]C(=O)CC(C)(C)c1c(OC(=O)C2CCCN2C(C)=O)cc(C)nc1C. The molecule has 6 nitrogen and oxygen atoms in total. The second kappa shape index (κ2) is 7.60. The summed E-state index contributed by atoms with van der Waals surface area (Å²) in [7, 11) is 5.39. The number of pyridine rings is 1. The second-order valence-corrected chi connectivity index (χ2v) is 7.54. The van der Waals surface area contributed by atoms with E-state index in [4.69, 9.17) is 12.6 Å². The van der Waals surface area contributed by atoms with Gasteiger partial charge >= 0.3 is 5.97 Å². The van der Waals surface area contributed by atoms with Crippen LogP contribution in [0.4, 0.5) is 0 Å². The second-order valence-electron chi connectivity index (χ2n) is 7.54. The quantitative estimate of drug-likeness (QED) is 0.596. The monoisotopic (exact) mass is 356 g/mol. The molecular formula is C19H25BN2O4. The van der Waals surface area contributed by atoms with Crippen LogP contribution in [0.15, 0.2) is 6.07 Å². The molecule has 1 unspecified atom stereocenters. The van der Waals surface area contributed by atoms with Gasteiger partial charge in [0.05, 0.1) is 5.68 Å². The van der Waals surface area contributed by atoms with Gasteiger partial charge in [-0.15, -0.1) is 0 Å². The topological polar surface area (TPSA) is 76.6 Å². The van der Waals surface area contributed by atoms with E-state index < -0.39 is 23.1 Å². The highest BCUT2D eigenvalue weighted by Gasteiger charge is 2.36. The number of nitrogens with zero attached hydrogens (tertiary/aromatic N) is 2. The molecular weight excluding hydrogens is 331 g/mol. The van der Waals surface area contributed by atoms with E-state index in [0.29, 0.717) is 35.7 Å². The number of amides is 1. The number of carbonyl (C=O) groups is 3. The zero-order valence-electron chi connectivity index (χ0n) is 16.1. The van der Waals surface area contributed by atoms with Crippen molar-refractivity contribution in [2.24, 2.45) is 0 Å². The van der Waals surface area contributed by atoms with Gasteiger partial charge in [0.25, 0.3) is 0 Å². The average molecular weight is 356 g/mol. The smallest absolute Gasteiger partial charge is 0.334 e. The summed E-state index contributed by atoms with van der Waals surface area (Å²) >= 11 is 0. The van der Waals surface area contributed by atoms with Crippen molar-refractivity contribution in [3.05, 3.63) is 23.0 Å². The van der Waals surface area contributed by atoms with E-state index in [2.05, 4.69) is 4.98 Å². The fourth-order valence-electron chi connectivity index (χ4n) is 3.79. The molecule has 1 saturated heterocycles. The lowest BCUT2D eigenvalue weighted by atomic mass is 9.75. The van der Waals surface area contributed by atoms with Crippen molar-refractivity contribution in [1.82, 2.24) is 9.88 Å². The number of ether oxygens (including phenoxy) is 1. The lowest BCUT2D eigenvalue weighted by molar-refractivity contribution is -0.145. The van der Waals surface area contributed by atoms with Crippen LogP contribution in [-0.4, -0.2) is 47.9 Å². The minimum Gasteiger partial charge on any atom is -0.425 e. The standard InChI is InChI=1S/C19H25BN2O4/c1-11-9-15(17(12(2)21-11)19(4,5)10-16(20)24)26-18(25)14-7-6-8-22(14)13(3)23/h9,14H,6-8,10H2,1-5H3. The van der Waals surface area contributed by atoms with Crippen LogP contribution in [-0.2, 0) is 19.8 Å². The van der Waals surface area contributed by atoms with Crippen LogP contribution in [0.5, 0.6) is 5.75 Å². The average Bonchev–Trinajstić information content (AvgIpc) is 2.93. The minimum absolute atomic E-state index is 0.103. The summed E-state index contributed by atoms with van der Waals surface area (Å²) in [5.74, 6) is -0.221. The predicted octanol–water partition coefficient (Wildman–Crippen LogP) is 1.98. The first-order valence-corrected chi connectivity index (χ1v) is 8.79. The molecule has 2 rings (SSSR count). The van der Waals surface area contributed by atoms with Gasteiger partial charge in [0.1, 0.15) is 11.8 Å². The van der Waals surface area contributed by atoms with Crippen LogP contribution in [0, 0.1) is 13.8 Å². The molecule has 7 heteroatoms. The predicted molar refractivity (Wildman–Crippen MR) is 98.2 cm³/mol. The highest BCUT2D eigenvalue weighted by molar-refractivity contribution is 6.57. The summed E-state index contributed by atoms with van der Waals surface area (Å²) in [6, 6.07) is 1.11. The molecule has 2 heterocycles. The van der Waals surface area contributed by atoms with Gasteiger partial charge in [-0.3, -0.25) is 9.78 Å². The van der Waals surface area contributed by atoms with E-state index in [-0.39, 0.29) is 12.3 Å². The molecule has 2 radical (unpaired) electrons. The van der Waals surface area contributed by atoms with Crippen molar-refractivity contribution in [1.29, 1.82) is 0 Å². The molecule has 0 spiro atoms. The molecule has 0 N–H and O–H groups in total. The molecule has 138 valence electrons. The van der Waals surface area contributed by atoms with Gasteiger partial charge in [-0.1, -0.05) is 13.8 Å². The maximum atomic E-state index is 12.7. The third-order valence-electron chi connectivity index (χ3n) is 4.73. The third-order valence-corrected chi connectivity index (χ3v) is 4.73. The van der Waals surface area contributed by atoms with E-state index in [1.165, 1.54) is 11.8 Å². The summed E-state index contributed by atoms with van der Waals surface area (Å²) in [6.45, 7) is 9.38. The van der Waals surface area contributed by atoms with Crippen LogP contribution in [0.1, 0.15) is 57.0 Å². The molecule has 1 atom stereocenters. The first-order valence-electron chi connectivity index (χ1n) is 8.79. The Morgan fingerprint density at radius 1 is 1.35 bits per heavy atom. The Balaban J connectivity index is 2.38. The van der Waals surface area contributed by atoms with Gasteiger partial charge in [-0.2, -0.15) is 0 Å². The Labute approximate surface area is 155 Å². The minimum atomic E-state index is -0.637. The number of hydrogen-bond donors (Lipinski definition) is 0. The van der Waals surface area contributed by atoms with E-state index >= 15 is 0 Å². The van der Waals surface area contributed by atoms with Crippen LogP contribution in [0.25, 0.3) is 0 Å². The zero-order valence-corrected chi connectivity index (χ0v) is 16.1. The van der Waals surface area contributed by atoms with Crippen LogP contribution < -0.4 is 4.74 Å². The van der Waals surface area contributed by atoms with Crippen molar-refractivity contribution in [2.45, 2.75) is 65.3 Å². The highest BCUT2D eigenvalue weighted by Crippen LogP contribution is 2.37. The summed E-state index contributed by atoms with van der Waals surface area (Å²) in [6.07, 6.45) is 1.46. The largest absolute Gasteiger partial charge is 0.425 e. The fraction of sp³-hybridized carbons (Fsp3) is 0.579. The Morgan fingerprint density at radius 2 is 2.00 bits per heavy atom. The van der Waals surface area contributed by atoms with Gasteiger partial charge in [-0.05, 0) is 26.7 Å². The molecule has 0 aliphatic carbocycles. The summed E-state index contributed by atoms with van der Waals surface area (Å²) in [5, 5.41) is 0. The first kappa shape index (κ1) is 20.1. The Bertz CT molecular complexity index is 745. The van der Waals surface area contributed by atoms with Crippen LogP contribution >= 0.6 is 0 Å². The highest BCUT2D eigenvalue weighted by atomic mass is 16.5. The lowest BCUT2D eigenvalue weighted by Gasteiger charge is -2.29. The van der Waals surface area contributed by atoms with Crippen LogP contribution in [0.3, 0.4) is 0 Å². The molecule has 0 saturated carbocycles. The molecule has 1 aliphatic heterocycles. The van der Waals surface area contributed by atoms with E-state index in [1.807, 2.05) is 27.7 Å². The molecule has 0 bridgehead atoms. The summed E-state index contributed by atoms with van der Waals surface area (Å²) in [4.78, 5) is 41.9. The van der Waals surface area contributed by atoms with E-state index in [0.717, 1.165) is 6.42 Å². The van der Waals surface area contributed by atoms with E-state index in [1.54, 1.807) is 6.07 Å². The molecule has 1 aromatic rings. The molecule has 1 fully saturated rings. The zero-order chi connectivity index (χ0) is 19.6. The molecule has 1 amide bonds. The third kappa shape index (κ3) is 4.32. The van der Waals surface area contributed by atoms with Gasteiger partial charge in [-0.25, -0.2) is 4.79 Å². The number of likely N-dealkylation sites (tertiary alicyclic amines) is 1. The van der Waals surface area contributed by atoms with Crippen LogP contribution in [0.2, 0.25) is 0 Å². The van der Waals surface area contributed by atoms with Crippen molar-refractivity contribution >= 4 is 25.4 Å². The Kier molecular flexibility index (Phi) is 5.89. The van der Waals surface area contributed by atoms with Crippen molar-refractivity contribution in [3.63, 3.8) is 0 Å². The maximum Gasteiger partial charge on any atom is 0.334 e. The Hall–Kier alpha value is -2.18. The Morgan fingerprint density at radius 3 is 2.58 bits per heavy atom. The molecule has 1 aliphatic rings. The number of carbonyl (C=O) groups excluding carboxylic acids is 3. The number of aromatic nitrogens is 1. The molecule has 1 aromatic heterocycles. The van der Waals surface area contributed by atoms with Gasteiger partial charge in [0, 0.05) is 48.3 Å².